The van der Waals surface area contributed by atoms with Crippen LogP contribution in [-0.2, 0) is 13.0 Å². The first-order valence-electron chi connectivity index (χ1n) is 9.67. The lowest BCUT2D eigenvalue weighted by Gasteiger charge is -2.22. The maximum atomic E-state index is 13.7. The third-order valence-electron chi connectivity index (χ3n) is 4.87. The number of carbonyl (C=O) groups excluding carboxylic acids is 1. The summed E-state index contributed by atoms with van der Waals surface area (Å²) >= 11 is 0. The predicted molar refractivity (Wildman–Crippen MR) is 114 cm³/mol. The molecule has 0 spiro atoms. The first kappa shape index (κ1) is 19.5. The fraction of sp³-hybridized carbons (Fsp3) is 0.125. The van der Waals surface area contributed by atoms with Crippen LogP contribution in [0.4, 0.5) is 4.39 Å². The highest BCUT2D eigenvalue weighted by molar-refractivity contribution is 5.94. The molecule has 0 aliphatic heterocycles. The average molecular weight is 401 g/mol. The lowest BCUT2D eigenvalue weighted by Crippen LogP contribution is -2.34. The van der Waals surface area contributed by atoms with E-state index in [1.165, 1.54) is 18.2 Å². The van der Waals surface area contributed by atoms with Crippen molar-refractivity contribution in [2.24, 2.45) is 0 Å². The zero-order valence-corrected chi connectivity index (χ0v) is 16.2. The quantitative estimate of drug-likeness (QED) is 0.532. The molecule has 150 valence electrons. The van der Waals surface area contributed by atoms with E-state index >= 15 is 0 Å². The van der Waals surface area contributed by atoms with Crippen molar-refractivity contribution in [2.45, 2.75) is 13.0 Å². The van der Waals surface area contributed by atoms with Crippen LogP contribution >= 0.6 is 0 Å². The van der Waals surface area contributed by atoms with E-state index in [0.29, 0.717) is 29.7 Å². The molecule has 4 rings (SSSR count). The molecular formula is C24H20FN3O2. The Morgan fingerprint density at radius 1 is 0.967 bits per heavy atom. The summed E-state index contributed by atoms with van der Waals surface area (Å²) in [4.78, 5) is 34.3. The fourth-order valence-corrected chi connectivity index (χ4v) is 3.36. The van der Waals surface area contributed by atoms with E-state index in [1.54, 1.807) is 29.2 Å². The van der Waals surface area contributed by atoms with Crippen molar-refractivity contribution in [3.63, 3.8) is 0 Å². The zero-order chi connectivity index (χ0) is 20.9. The van der Waals surface area contributed by atoms with Crippen molar-refractivity contribution in [3.8, 4) is 0 Å². The van der Waals surface area contributed by atoms with Crippen molar-refractivity contribution >= 4 is 16.8 Å². The topological polar surface area (TPSA) is 66.1 Å². The van der Waals surface area contributed by atoms with Gasteiger partial charge < -0.3 is 9.88 Å². The zero-order valence-electron chi connectivity index (χ0n) is 16.2. The SMILES string of the molecule is O=C(c1cccc(F)c1)N(CCc1ccccc1)Cc1nc2ccccc2c(=O)[nH]1. The molecule has 1 amide bonds. The van der Waals surface area contributed by atoms with Crippen LogP contribution in [0.1, 0.15) is 21.7 Å². The molecule has 0 saturated carbocycles. The van der Waals surface area contributed by atoms with Gasteiger partial charge >= 0.3 is 0 Å². The number of rotatable bonds is 6. The van der Waals surface area contributed by atoms with Crippen LogP contribution in [-0.4, -0.2) is 27.3 Å². The molecule has 0 aliphatic rings. The minimum Gasteiger partial charge on any atom is -0.331 e. The van der Waals surface area contributed by atoms with E-state index < -0.39 is 5.82 Å². The van der Waals surface area contributed by atoms with Crippen LogP contribution in [0, 0.1) is 5.82 Å². The van der Waals surface area contributed by atoms with Gasteiger partial charge in [0.1, 0.15) is 11.6 Å². The highest BCUT2D eigenvalue weighted by Gasteiger charge is 2.18. The van der Waals surface area contributed by atoms with Crippen molar-refractivity contribution in [1.82, 2.24) is 14.9 Å². The molecule has 1 N–H and O–H groups in total. The second-order valence-electron chi connectivity index (χ2n) is 7.00. The van der Waals surface area contributed by atoms with Crippen LogP contribution < -0.4 is 5.56 Å². The van der Waals surface area contributed by atoms with E-state index in [0.717, 1.165) is 5.56 Å². The summed E-state index contributed by atoms with van der Waals surface area (Å²) in [6.45, 7) is 0.512. The number of hydrogen-bond donors (Lipinski definition) is 1. The molecule has 6 heteroatoms. The average Bonchev–Trinajstić information content (AvgIpc) is 2.77. The lowest BCUT2D eigenvalue weighted by atomic mass is 10.1. The van der Waals surface area contributed by atoms with Gasteiger partial charge in [-0.15, -0.1) is 0 Å². The largest absolute Gasteiger partial charge is 0.331 e. The molecule has 0 bridgehead atoms. The molecule has 5 nitrogen and oxygen atoms in total. The number of hydrogen-bond acceptors (Lipinski definition) is 3. The van der Waals surface area contributed by atoms with Crippen molar-refractivity contribution in [1.29, 1.82) is 0 Å². The number of aromatic amines is 1. The minimum absolute atomic E-state index is 0.113. The molecule has 0 saturated heterocycles. The van der Waals surface area contributed by atoms with Gasteiger partial charge in [-0.25, -0.2) is 9.37 Å². The molecular weight excluding hydrogens is 381 g/mol. The van der Waals surface area contributed by atoms with E-state index in [2.05, 4.69) is 9.97 Å². The fourth-order valence-electron chi connectivity index (χ4n) is 3.36. The van der Waals surface area contributed by atoms with Gasteiger partial charge in [0.25, 0.3) is 11.5 Å². The van der Waals surface area contributed by atoms with Crippen LogP contribution in [0.3, 0.4) is 0 Å². The first-order chi connectivity index (χ1) is 14.6. The number of amides is 1. The second kappa shape index (κ2) is 8.69. The van der Waals surface area contributed by atoms with Crippen LogP contribution in [0.25, 0.3) is 10.9 Å². The molecule has 0 atom stereocenters. The number of halogens is 1. The molecule has 4 aromatic rings. The Morgan fingerprint density at radius 3 is 2.53 bits per heavy atom. The highest BCUT2D eigenvalue weighted by Crippen LogP contribution is 2.13. The number of H-pyrrole nitrogens is 1. The monoisotopic (exact) mass is 401 g/mol. The van der Waals surface area contributed by atoms with Gasteiger partial charge in [0.2, 0.25) is 0 Å². The highest BCUT2D eigenvalue weighted by atomic mass is 19.1. The van der Waals surface area contributed by atoms with Crippen molar-refractivity contribution in [3.05, 3.63) is 112 Å². The van der Waals surface area contributed by atoms with Gasteiger partial charge in [-0.1, -0.05) is 48.5 Å². The Kier molecular flexibility index (Phi) is 5.66. The molecule has 1 heterocycles. The van der Waals surface area contributed by atoms with Gasteiger partial charge in [0, 0.05) is 12.1 Å². The number of benzene rings is 3. The summed E-state index contributed by atoms with van der Waals surface area (Å²) in [6.07, 6.45) is 0.625. The molecule has 0 aliphatic carbocycles. The maximum absolute atomic E-state index is 13.7. The van der Waals surface area contributed by atoms with Gasteiger partial charge in [-0.3, -0.25) is 9.59 Å². The summed E-state index contributed by atoms with van der Waals surface area (Å²) in [5, 5.41) is 0.494. The summed E-state index contributed by atoms with van der Waals surface area (Å²) in [5.41, 5.74) is 1.65. The van der Waals surface area contributed by atoms with Crippen LogP contribution in [0.15, 0.2) is 83.7 Å². The van der Waals surface area contributed by atoms with E-state index in [-0.39, 0.29) is 23.6 Å². The summed E-state index contributed by atoms with van der Waals surface area (Å²) < 4.78 is 13.7. The molecule has 0 unspecified atom stereocenters. The summed E-state index contributed by atoms with van der Waals surface area (Å²) in [6, 6.07) is 22.4. The Bertz CT molecular complexity index is 1240. The number of nitrogens with one attached hydrogen (secondary N) is 1. The molecule has 30 heavy (non-hydrogen) atoms. The van der Waals surface area contributed by atoms with Gasteiger partial charge in [-0.2, -0.15) is 0 Å². The second-order valence-corrected chi connectivity index (χ2v) is 7.00. The number of aromatic nitrogens is 2. The number of para-hydroxylation sites is 1. The van der Waals surface area contributed by atoms with E-state index in [4.69, 9.17) is 0 Å². The third kappa shape index (κ3) is 4.43. The molecule has 0 radical (unpaired) electrons. The molecule has 3 aromatic carbocycles. The molecule has 1 aromatic heterocycles. The maximum Gasteiger partial charge on any atom is 0.258 e. The van der Waals surface area contributed by atoms with Gasteiger partial charge in [0.05, 0.1) is 17.4 Å². The van der Waals surface area contributed by atoms with Crippen molar-refractivity contribution < 1.29 is 9.18 Å². The Balaban J connectivity index is 1.64. The van der Waals surface area contributed by atoms with Crippen molar-refractivity contribution in [2.75, 3.05) is 6.54 Å². The third-order valence-corrected chi connectivity index (χ3v) is 4.87. The summed E-state index contributed by atoms with van der Waals surface area (Å²) in [7, 11) is 0. The van der Waals surface area contributed by atoms with Crippen LogP contribution in [0.5, 0.6) is 0 Å². The first-order valence-corrected chi connectivity index (χ1v) is 9.67. The number of carbonyl (C=O) groups is 1. The van der Waals surface area contributed by atoms with Gasteiger partial charge in [-0.05, 0) is 42.3 Å². The van der Waals surface area contributed by atoms with E-state index in [9.17, 15) is 14.0 Å². The smallest absolute Gasteiger partial charge is 0.258 e. The van der Waals surface area contributed by atoms with Crippen LogP contribution in [0.2, 0.25) is 0 Å². The molecule has 0 fully saturated rings. The van der Waals surface area contributed by atoms with E-state index in [1.807, 2.05) is 36.4 Å². The predicted octanol–water partition coefficient (Wildman–Crippen LogP) is 3.95. The Hall–Kier alpha value is -3.80. The number of fused-ring (bicyclic) bond motifs is 1. The normalized spacial score (nSPS) is 10.8. The Labute approximate surface area is 172 Å². The summed E-state index contributed by atoms with van der Waals surface area (Å²) in [5.74, 6) is -0.404. The minimum atomic E-state index is -0.471. The number of nitrogens with zero attached hydrogens (tertiary/aromatic N) is 2. The standard InChI is InChI=1S/C24H20FN3O2/c25-19-10-6-9-18(15-19)24(30)28(14-13-17-7-2-1-3-8-17)16-22-26-21-12-5-4-11-20(21)23(29)27-22/h1-12,15H,13-14,16H2,(H,26,27,29). The lowest BCUT2D eigenvalue weighted by molar-refractivity contribution is 0.0740. The Morgan fingerprint density at radius 2 is 1.73 bits per heavy atom. The van der Waals surface area contributed by atoms with Gasteiger partial charge in [0.15, 0.2) is 0 Å².